The maximum atomic E-state index is 13.5. The van der Waals surface area contributed by atoms with Gasteiger partial charge in [-0.1, -0.05) is 0 Å². The van der Waals surface area contributed by atoms with E-state index in [1.54, 1.807) is 10.5 Å². The van der Waals surface area contributed by atoms with E-state index in [4.69, 9.17) is 5.73 Å². The van der Waals surface area contributed by atoms with Gasteiger partial charge >= 0.3 is 0 Å². The second kappa shape index (κ2) is 2.58. The van der Waals surface area contributed by atoms with E-state index in [9.17, 15) is 4.39 Å². The van der Waals surface area contributed by atoms with E-state index < -0.39 is 0 Å². The van der Waals surface area contributed by atoms with Crippen LogP contribution in [0.4, 0.5) is 4.39 Å². The van der Waals surface area contributed by atoms with Crippen molar-refractivity contribution >= 4 is 5.65 Å². The lowest BCUT2D eigenvalue weighted by Gasteiger charge is -2.05. The summed E-state index contributed by atoms with van der Waals surface area (Å²) in [5, 5.41) is 0. The van der Waals surface area contributed by atoms with Gasteiger partial charge in [-0.05, 0) is 31.9 Å². The van der Waals surface area contributed by atoms with Gasteiger partial charge in [-0.15, -0.1) is 0 Å². The molecule has 0 spiro atoms. The van der Waals surface area contributed by atoms with E-state index in [1.165, 1.54) is 6.07 Å². The van der Waals surface area contributed by atoms with Crippen molar-refractivity contribution in [3.05, 3.63) is 35.5 Å². The first-order chi connectivity index (χ1) is 7.12. The van der Waals surface area contributed by atoms with Crippen LogP contribution in [0.2, 0.25) is 0 Å². The monoisotopic (exact) mass is 205 g/mol. The van der Waals surface area contributed by atoms with Gasteiger partial charge in [0.1, 0.15) is 0 Å². The van der Waals surface area contributed by atoms with Gasteiger partial charge in [-0.3, -0.25) is 0 Å². The number of nitrogens with zero attached hydrogens (tertiary/aromatic N) is 2. The molecule has 2 aromatic rings. The van der Waals surface area contributed by atoms with Crippen LogP contribution in [0.5, 0.6) is 0 Å². The quantitative estimate of drug-likeness (QED) is 0.770. The summed E-state index contributed by atoms with van der Waals surface area (Å²) < 4.78 is 15.2. The zero-order valence-electron chi connectivity index (χ0n) is 8.50. The van der Waals surface area contributed by atoms with Crippen LogP contribution >= 0.6 is 0 Å². The number of hydrogen-bond donors (Lipinski definition) is 1. The zero-order valence-corrected chi connectivity index (χ0v) is 8.50. The van der Waals surface area contributed by atoms with Crippen molar-refractivity contribution in [3.8, 4) is 0 Å². The van der Waals surface area contributed by atoms with Gasteiger partial charge in [0.2, 0.25) is 0 Å². The van der Waals surface area contributed by atoms with Crippen LogP contribution in [0, 0.1) is 12.7 Å². The third kappa shape index (κ3) is 1.11. The van der Waals surface area contributed by atoms with Crippen molar-refractivity contribution in [3.63, 3.8) is 0 Å². The highest BCUT2D eigenvalue weighted by atomic mass is 19.1. The molecule has 2 heterocycles. The Kier molecular flexibility index (Phi) is 1.52. The second-order valence-corrected chi connectivity index (χ2v) is 4.25. The first-order valence-electron chi connectivity index (χ1n) is 5.04. The second-order valence-electron chi connectivity index (χ2n) is 4.25. The molecule has 78 valence electrons. The topological polar surface area (TPSA) is 43.3 Å². The van der Waals surface area contributed by atoms with Crippen molar-refractivity contribution < 1.29 is 4.39 Å². The Morgan fingerprint density at radius 3 is 2.87 bits per heavy atom. The Hall–Kier alpha value is -1.42. The molecule has 0 radical (unpaired) electrons. The van der Waals surface area contributed by atoms with Crippen LogP contribution in [0.1, 0.15) is 24.2 Å². The average Bonchev–Trinajstić information content (AvgIpc) is 2.85. The normalized spacial score (nSPS) is 18.3. The first kappa shape index (κ1) is 8.85. The molecular formula is C11H12FN3. The molecule has 0 amide bonds. The molecule has 2 aromatic heterocycles. The van der Waals surface area contributed by atoms with Crippen molar-refractivity contribution in [2.24, 2.45) is 5.73 Å². The minimum Gasteiger partial charge on any atom is -0.320 e. The SMILES string of the molecule is Cc1c(C2(N)CC2)nc2c(F)cccn12. The highest BCUT2D eigenvalue weighted by molar-refractivity contribution is 5.47. The van der Waals surface area contributed by atoms with Gasteiger partial charge < -0.3 is 10.1 Å². The lowest BCUT2D eigenvalue weighted by Crippen LogP contribution is -2.20. The van der Waals surface area contributed by atoms with Crippen molar-refractivity contribution in [2.45, 2.75) is 25.3 Å². The van der Waals surface area contributed by atoms with Crippen LogP contribution in [-0.4, -0.2) is 9.38 Å². The largest absolute Gasteiger partial charge is 0.320 e. The number of nitrogens with two attached hydrogens (primary N) is 1. The van der Waals surface area contributed by atoms with Gasteiger partial charge in [-0.2, -0.15) is 0 Å². The lowest BCUT2D eigenvalue weighted by atomic mass is 10.1. The Labute approximate surface area is 86.7 Å². The molecule has 1 aliphatic rings. The van der Waals surface area contributed by atoms with Crippen molar-refractivity contribution in [1.82, 2.24) is 9.38 Å². The van der Waals surface area contributed by atoms with Gasteiger partial charge in [-0.25, -0.2) is 9.37 Å². The number of halogens is 1. The summed E-state index contributed by atoms with van der Waals surface area (Å²) in [5.41, 5.74) is 7.95. The first-order valence-corrected chi connectivity index (χ1v) is 5.04. The molecule has 0 aromatic carbocycles. The lowest BCUT2D eigenvalue weighted by molar-refractivity contribution is 0.629. The third-order valence-electron chi connectivity index (χ3n) is 3.10. The molecule has 1 saturated carbocycles. The third-order valence-corrected chi connectivity index (χ3v) is 3.10. The number of pyridine rings is 1. The van der Waals surface area contributed by atoms with E-state index in [2.05, 4.69) is 4.98 Å². The Bertz CT molecular complexity index is 540. The molecule has 3 rings (SSSR count). The van der Waals surface area contributed by atoms with Crippen LogP contribution in [0.25, 0.3) is 5.65 Å². The van der Waals surface area contributed by atoms with Crippen LogP contribution in [-0.2, 0) is 5.54 Å². The van der Waals surface area contributed by atoms with Gasteiger partial charge in [0, 0.05) is 11.9 Å². The minimum atomic E-state index is -0.303. The summed E-state index contributed by atoms with van der Waals surface area (Å²) >= 11 is 0. The molecule has 0 saturated heterocycles. The zero-order chi connectivity index (χ0) is 10.6. The van der Waals surface area contributed by atoms with Crippen LogP contribution in [0.15, 0.2) is 18.3 Å². The van der Waals surface area contributed by atoms with E-state index in [0.717, 1.165) is 24.2 Å². The number of aryl methyl sites for hydroxylation is 1. The van der Waals surface area contributed by atoms with E-state index in [1.807, 2.05) is 13.1 Å². The molecule has 0 aliphatic heterocycles. The van der Waals surface area contributed by atoms with Crippen LogP contribution < -0.4 is 5.73 Å². The highest BCUT2D eigenvalue weighted by Gasteiger charge is 2.43. The fourth-order valence-electron chi connectivity index (χ4n) is 2.00. The van der Waals surface area contributed by atoms with Crippen LogP contribution in [0.3, 0.4) is 0 Å². The number of imidazole rings is 1. The van der Waals surface area contributed by atoms with Gasteiger partial charge in [0.25, 0.3) is 0 Å². The summed E-state index contributed by atoms with van der Waals surface area (Å²) in [4.78, 5) is 4.31. The summed E-state index contributed by atoms with van der Waals surface area (Å²) in [6.07, 6.45) is 3.70. The smallest absolute Gasteiger partial charge is 0.173 e. The van der Waals surface area contributed by atoms with E-state index in [0.29, 0.717) is 5.65 Å². The fraction of sp³-hybridized carbons (Fsp3) is 0.364. The predicted octanol–water partition coefficient (Wildman–Crippen LogP) is 1.73. The highest BCUT2D eigenvalue weighted by Crippen LogP contribution is 2.43. The fourth-order valence-corrected chi connectivity index (χ4v) is 2.00. The Balaban J connectivity index is 2.34. The molecule has 0 atom stereocenters. The standard InChI is InChI=1S/C11H12FN3/c1-7-9(11(13)4-5-11)14-10-8(12)3-2-6-15(7)10/h2-3,6H,4-5,13H2,1H3. The summed E-state index contributed by atoms with van der Waals surface area (Å²) in [5.74, 6) is -0.295. The Morgan fingerprint density at radius 2 is 2.27 bits per heavy atom. The molecule has 1 fully saturated rings. The predicted molar refractivity (Wildman–Crippen MR) is 55.0 cm³/mol. The van der Waals surface area contributed by atoms with Gasteiger partial charge in [0.05, 0.1) is 11.2 Å². The minimum absolute atomic E-state index is 0.295. The molecule has 0 unspecified atom stereocenters. The maximum Gasteiger partial charge on any atom is 0.173 e. The summed E-state index contributed by atoms with van der Waals surface area (Å²) in [6.45, 7) is 1.93. The average molecular weight is 205 g/mol. The molecular weight excluding hydrogens is 193 g/mol. The summed E-state index contributed by atoms with van der Waals surface area (Å²) in [6, 6.07) is 3.10. The Morgan fingerprint density at radius 1 is 1.53 bits per heavy atom. The molecule has 0 bridgehead atoms. The maximum absolute atomic E-state index is 13.5. The van der Waals surface area contributed by atoms with Crippen molar-refractivity contribution in [2.75, 3.05) is 0 Å². The number of fused-ring (bicyclic) bond motifs is 1. The van der Waals surface area contributed by atoms with E-state index >= 15 is 0 Å². The van der Waals surface area contributed by atoms with Crippen molar-refractivity contribution in [1.29, 1.82) is 0 Å². The number of hydrogen-bond acceptors (Lipinski definition) is 2. The van der Waals surface area contributed by atoms with Gasteiger partial charge in [0.15, 0.2) is 11.5 Å². The molecule has 3 nitrogen and oxygen atoms in total. The number of aromatic nitrogens is 2. The molecule has 15 heavy (non-hydrogen) atoms. The molecule has 2 N–H and O–H groups in total. The molecule has 4 heteroatoms. The van der Waals surface area contributed by atoms with E-state index in [-0.39, 0.29) is 11.4 Å². The summed E-state index contributed by atoms with van der Waals surface area (Å²) in [7, 11) is 0. The number of rotatable bonds is 1. The molecule has 1 aliphatic carbocycles.